The van der Waals surface area contributed by atoms with Gasteiger partial charge in [0.2, 0.25) is 0 Å². The Balaban J connectivity index is 1.51. The molecule has 3 N–H and O–H groups in total. The molecule has 0 spiro atoms. The van der Waals surface area contributed by atoms with Crippen LogP contribution in [0.25, 0.3) is 10.8 Å². The van der Waals surface area contributed by atoms with Gasteiger partial charge in [-0.2, -0.15) is 0 Å². The van der Waals surface area contributed by atoms with E-state index in [1.54, 1.807) is 0 Å². The number of nitrogens with two attached hydrogens (primary N) is 1. The monoisotopic (exact) mass is 268 g/mol. The molecule has 0 bridgehead atoms. The zero-order chi connectivity index (χ0) is 13.9. The van der Waals surface area contributed by atoms with Crippen LogP contribution in [0.4, 0.5) is 0 Å². The van der Waals surface area contributed by atoms with Crippen LogP contribution in [-0.4, -0.2) is 19.1 Å². The summed E-state index contributed by atoms with van der Waals surface area (Å²) in [5.74, 6) is 0.810. The second-order valence-corrected chi connectivity index (χ2v) is 6.24. The summed E-state index contributed by atoms with van der Waals surface area (Å²) in [7, 11) is 0. The quantitative estimate of drug-likeness (QED) is 0.818. The van der Waals surface area contributed by atoms with Gasteiger partial charge >= 0.3 is 0 Å². The SMILES string of the molecule is Cc1ccc2cc(CCNCC3CC(N)C3)ccc2c1. The fourth-order valence-electron chi connectivity index (χ4n) is 3.06. The summed E-state index contributed by atoms with van der Waals surface area (Å²) in [6.45, 7) is 4.33. The molecule has 1 fully saturated rings. The second-order valence-electron chi connectivity index (χ2n) is 6.24. The van der Waals surface area contributed by atoms with Crippen LogP contribution in [0.3, 0.4) is 0 Å². The molecule has 0 heterocycles. The van der Waals surface area contributed by atoms with Gasteiger partial charge in [0.15, 0.2) is 0 Å². The predicted octanol–water partition coefficient (Wildman–Crippen LogP) is 3.02. The molecule has 0 aliphatic heterocycles. The average Bonchev–Trinajstić information content (AvgIpc) is 2.41. The molecule has 0 unspecified atom stereocenters. The van der Waals surface area contributed by atoms with Gasteiger partial charge in [0.05, 0.1) is 0 Å². The number of hydrogen-bond donors (Lipinski definition) is 2. The van der Waals surface area contributed by atoms with Gasteiger partial charge in [-0.3, -0.25) is 0 Å². The zero-order valence-electron chi connectivity index (χ0n) is 12.2. The van der Waals surface area contributed by atoms with E-state index in [0.717, 1.165) is 25.4 Å². The van der Waals surface area contributed by atoms with Crippen LogP contribution in [-0.2, 0) is 6.42 Å². The molecule has 0 amide bonds. The molecule has 1 saturated carbocycles. The Morgan fingerprint density at radius 2 is 1.85 bits per heavy atom. The number of nitrogens with one attached hydrogen (secondary N) is 1. The minimum Gasteiger partial charge on any atom is -0.328 e. The molecule has 2 aromatic rings. The highest BCUT2D eigenvalue weighted by Crippen LogP contribution is 2.24. The molecule has 1 aliphatic carbocycles. The molecular weight excluding hydrogens is 244 g/mol. The maximum atomic E-state index is 5.80. The molecule has 2 heteroatoms. The van der Waals surface area contributed by atoms with Crippen molar-refractivity contribution < 1.29 is 0 Å². The number of aryl methyl sites for hydroxylation is 1. The molecule has 106 valence electrons. The molecule has 0 radical (unpaired) electrons. The van der Waals surface area contributed by atoms with Gasteiger partial charge in [-0.25, -0.2) is 0 Å². The van der Waals surface area contributed by atoms with E-state index in [0.29, 0.717) is 6.04 Å². The summed E-state index contributed by atoms with van der Waals surface area (Å²) in [5.41, 5.74) is 8.54. The smallest absolute Gasteiger partial charge is 0.00450 e. The largest absolute Gasteiger partial charge is 0.328 e. The molecular formula is C18H24N2. The fourth-order valence-corrected chi connectivity index (χ4v) is 3.06. The van der Waals surface area contributed by atoms with Crippen LogP contribution in [0.15, 0.2) is 36.4 Å². The molecule has 0 saturated heterocycles. The van der Waals surface area contributed by atoms with E-state index in [2.05, 4.69) is 48.6 Å². The lowest BCUT2D eigenvalue weighted by molar-refractivity contribution is 0.257. The van der Waals surface area contributed by atoms with E-state index in [1.807, 2.05) is 0 Å². The van der Waals surface area contributed by atoms with E-state index in [1.165, 1.54) is 34.7 Å². The fraction of sp³-hybridized carbons (Fsp3) is 0.444. The normalized spacial score (nSPS) is 21.9. The topological polar surface area (TPSA) is 38.0 Å². The Bertz CT molecular complexity index is 585. The third-order valence-corrected chi connectivity index (χ3v) is 4.36. The summed E-state index contributed by atoms with van der Waals surface area (Å²) in [4.78, 5) is 0. The first kappa shape index (κ1) is 13.6. The van der Waals surface area contributed by atoms with Crippen LogP contribution in [0, 0.1) is 12.8 Å². The summed E-state index contributed by atoms with van der Waals surface area (Å²) in [6, 6.07) is 13.9. The minimum absolute atomic E-state index is 0.464. The Morgan fingerprint density at radius 1 is 1.10 bits per heavy atom. The van der Waals surface area contributed by atoms with E-state index in [4.69, 9.17) is 5.73 Å². The molecule has 2 nitrogen and oxygen atoms in total. The van der Waals surface area contributed by atoms with Gasteiger partial charge in [-0.05, 0) is 61.5 Å². The number of fused-ring (bicyclic) bond motifs is 1. The summed E-state index contributed by atoms with van der Waals surface area (Å²) >= 11 is 0. The Labute approximate surface area is 121 Å². The lowest BCUT2D eigenvalue weighted by Crippen LogP contribution is -2.41. The molecule has 2 aromatic carbocycles. The number of hydrogen-bond acceptors (Lipinski definition) is 2. The predicted molar refractivity (Wildman–Crippen MR) is 86.0 cm³/mol. The van der Waals surface area contributed by atoms with E-state index < -0.39 is 0 Å². The van der Waals surface area contributed by atoms with Crippen LogP contribution in [0.2, 0.25) is 0 Å². The van der Waals surface area contributed by atoms with Gasteiger partial charge in [0.1, 0.15) is 0 Å². The van der Waals surface area contributed by atoms with Gasteiger partial charge in [-0.1, -0.05) is 42.0 Å². The van der Waals surface area contributed by atoms with Crippen LogP contribution < -0.4 is 11.1 Å². The van der Waals surface area contributed by atoms with E-state index >= 15 is 0 Å². The van der Waals surface area contributed by atoms with Gasteiger partial charge < -0.3 is 11.1 Å². The highest BCUT2D eigenvalue weighted by molar-refractivity contribution is 5.83. The maximum Gasteiger partial charge on any atom is 0.00450 e. The first-order valence-electron chi connectivity index (χ1n) is 7.66. The highest BCUT2D eigenvalue weighted by Gasteiger charge is 2.24. The van der Waals surface area contributed by atoms with Crippen molar-refractivity contribution in [1.29, 1.82) is 0 Å². The van der Waals surface area contributed by atoms with Crippen molar-refractivity contribution in [3.63, 3.8) is 0 Å². The molecule has 0 aromatic heterocycles. The molecule has 3 rings (SSSR count). The first-order chi connectivity index (χ1) is 9.70. The summed E-state index contributed by atoms with van der Waals surface area (Å²) < 4.78 is 0. The third kappa shape index (κ3) is 3.20. The molecule has 20 heavy (non-hydrogen) atoms. The van der Waals surface area contributed by atoms with Crippen molar-refractivity contribution in [3.05, 3.63) is 47.5 Å². The van der Waals surface area contributed by atoms with Gasteiger partial charge in [-0.15, -0.1) is 0 Å². The van der Waals surface area contributed by atoms with Crippen molar-refractivity contribution in [2.45, 2.75) is 32.2 Å². The lowest BCUT2D eigenvalue weighted by Gasteiger charge is -2.32. The lowest BCUT2D eigenvalue weighted by atomic mass is 9.81. The second kappa shape index (κ2) is 5.94. The zero-order valence-corrected chi connectivity index (χ0v) is 12.2. The van der Waals surface area contributed by atoms with Crippen LogP contribution >= 0.6 is 0 Å². The molecule has 0 atom stereocenters. The van der Waals surface area contributed by atoms with Crippen LogP contribution in [0.1, 0.15) is 24.0 Å². The summed E-state index contributed by atoms with van der Waals surface area (Å²) in [6.07, 6.45) is 3.49. The minimum atomic E-state index is 0.464. The summed E-state index contributed by atoms with van der Waals surface area (Å²) in [5, 5.41) is 6.24. The standard InChI is InChI=1S/C18H24N2/c1-13-2-4-17-9-14(3-5-16(17)8-13)6-7-20-12-15-10-18(19)11-15/h2-5,8-9,15,18,20H,6-7,10-12,19H2,1H3. The van der Waals surface area contributed by atoms with Gasteiger partial charge in [0, 0.05) is 6.04 Å². The average molecular weight is 268 g/mol. The Kier molecular flexibility index (Phi) is 4.04. The van der Waals surface area contributed by atoms with Crippen molar-refractivity contribution >= 4 is 10.8 Å². The molecule has 1 aliphatic rings. The van der Waals surface area contributed by atoms with E-state index in [-0.39, 0.29) is 0 Å². The Morgan fingerprint density at radius 3 is 2.65 bits per heavy atom. The van der Waals surface area contributed by atoms with Crippen molar-refractivity contribution in [3.8, 4) is 0 Å². The van der Waals surface area contributed by atoms with Crippen molar-refractivity contribution in [1.82, 2.24) is 5.32 Å². The van der Waals surface area contributed by atoms with Crippen molar-refractivity contribution in [2.24, 2.45) is 11.7 Å². The maximum absolute atomic E-state index is 5.80. The van der Waals surface area contributed by atoms with Gasteiger partial charge in [0.25, 0.3) is 0 Å². The number of rotatable bonds is 5. The Hall–Kier alpha value is -1.38. The third-order valence-electron chi connectivity index (χ3n) is 4.36. The van der Waals surface area contributed by atoms with Crippen LogP contribution in [0.5, 0.6) is 0 Å². The van der Waals surface area contributed by atoms with E-state index in [9.17, 15) is 0 Å². The van der Waals surface area contributed by atoms with Crippen molar-refractivity contribution in [2.75, 3.05) is 13.1 Å². The number of benzene rings is 2. The first-order valence-corrected chi connectivity index (χ1v) is 7.66. The highest BCUT2D eigenvalue weighted by atomic mass is 14.9.